The first-order chi connectivity index (χ1) is 9.35. The Morgan fingerprint density at radius 2 is 2.05 bits per heavy atom. The first-order valence-electron chi connectivity index (χ1n) is 6.15. The van der Waals surface area contributed by atoms with E-state index in [1.807, 2.05) is 41.8 Å². The largest absolute Gasteiger partial charge is 0.297 e. The average molecular weight is 248 g/mol. The molecule has 0 bridgehead atoms. The van der Waals surface area contributed by atoms with Crippen molar-refractivity contribution in [3.05, 3.63) is 54.1 Å². The fourth-order valence-corrected chi connectivity index (χ4v) is 2.24. The van der Waals surface area contributed by atoms with E-state index in [1.54, 1.807) is 12.5 Å². The molecule has 0 fully saturated rings. The number of aromatic nitrogens is 3. The predicted molar refractivity (Wildman–Crippen MR) is 73.0 cm³/mol. The second-order valence-corrected chi connectivity index (χ2v) is 4.22. The van der Waals surface area contributed by atoms with Gasteiger partial charge in [0.1, 0.15) is 12.4 Å². The third-order valence-corrected chi connectivity index (χ3v) is 3.17. The Morgan fingerprint density at radius 3 is 2.84 bits per heavy atom. The van der Waals surface area contributed by atoms with Crippen LogP contribution in [-0.4, -0.2) is 14.5 Å². The van der Waals surface area contributed by atoms with Crippen LogP contribution in [0.15, 0.2) is 42.9 Å². The molecule has 0 atom stereocenters. The van der Waals surface area contributed by atoms with Crippen LogP contribution in [0.25, 0.3) is 16.7 Å². The number of benzene rings is 1. The monoisotopic (exact) mass is 248 g/mol. The summed E-state index contributed by atoms with van der Waals surface area (Å²) < 4.78 is 1.94. The van der Waals surface area contributed by atoms with E-state index in [-0.39, 0.29) is 0 Å². The van der Waals surface area contributed by atoms with Crippen LogP contribution in [-0.2, 0) is 6.42 Å². The maximum Gasteiger partial charge on any atom is 0.103 e. The number of rotatable bonds is 2. The highest BCUT2D eigenvalue weighted by Crippen LogP contribution is 2.22. The number of nitrogens with zero attached hydrogens (tertiary/aromatic N) is 4. The zero-order valence-electron chi connectivity index (χ0n) is 10.5. The number of aryl methyl sites for hydroxylation is 1. The Labute approximate surface area is 111 Å². The van der Waals surface area contributed by atoms with Crippen molar-refractivity contribution in [3.63, 3.8) is 0 Å². The maximum atomic E-state index is 9.38. The Hall–Kier alpha value is -2.67. The van der Waals surface area contributed by atoms with Crippen LogP contribution < -0.4 is 0 Å². The topological polar surface area (TPSA) is 54.5 Å². The van der Waals surface area contributed by atoms with Crippen molar-refractivity contribution >= 4 is 11.0 Å². The first-order valence-corrected chi connectivity index (χ1v) is 6.15. The van der Waals surface area contributed by atoms with E-state index in [1.165, 1.54) is 0 Å². The molecule has 2 heterocycles. The van der Waals surface area contributed by atoms with Crippen molar-refractivity contribution < 1.29 is 0 Å². The van der Waals surface area contributed by atoms with Crippen molar-refractivity contribution in [2.24, 2.45) is 0 Å². The van der Waals surface area contributed by atoms with Crippen LogP contribution in [0, 0.1) is 11.3 Å². The van der Waals surface area contributed by atoms with Crippen LogP contribution in [0.5, 0.6) is 0 Å². The SMILES string of the molecule is CCc1nccc(-n2cnc3ccccc32)c1C#N. The van der Waals surface area contributed by atoms with Gasteiger partial charge >= 0.3 is 0 Å². The molecule has 0 aliphatic heterocycles. The van der Waals surface area contributed by atoms with E-state index in [0.717, 1.165) is 28.8 Å². The molecule has 0 aliphatic rings. The van der Waals surface area contributed by atoms with Crippen LogP contribution in [0.3, 0.4) is 0 Å². The summed E-state index contributed by atoms with van der Waals surface area (Å²) in [6.45, 7) is 2.00. The summed E-state index contributed by atoms with van der Waals surface area (Å²) in [6, 6.07) is 12.0. The Balaban J connectivity index is 2.31. The highest BCUT2D eigenvalue weighted by molar-refractivity contribution is 5.78. The first kappa shape index (κ1) is 11.4. The zero-order valence-corrected chi connectivity index (χ0v) is 10.5. The van der Waals surface area contributed by atoms with Gasteiger partial charge in [0.2, 0.25) is 0 Å². The fraction of sp³-hybridized carbons (Fsp3) is 0.133. The summed E-state index contributed by atoms with van der Waals surface area (Å²) in [5.74, 6) is 0. The molecule has 0 aliphatic carbocycles. The lowest BCUT2D eigenvalue weighted by atomic mass is 10.1. The molecule has 3 rings (SSSR count). The number of fused-ring (bicyclic) bond motifs is 1. The molecular weight excluding hydrogens is 236 g/mol. The lowest BCUT2D eigenvalue weighted by Gasteiger charge is -2.08. The van der Waals surface area contributed by atoms with Gasteiger partial charge in [-0.15, -0.1) is 0 Å². The second-order valence-electron chi connectivity index (χ2n) is 4.22. The molecule has 0 saturated carbocycles. The fourth-order valence-electron chi connectivity index (χ4n) is 2.24. The summed E-state index contributed by atoms with van der Waals surface area (Å²) in [5, 5.41) is 9.38. The third-order valence-electron chi connectivity index (χ3n) is 3.17. The Morgan fingerprint density at radius 1 is 1.21 bits per heavy atom. The smallest absolute Gasteiger partial charge is 0.103 e. The zero-order chi connectivity index (χ0) is 13.2. The van der Waals surface area contributed by atoms with Gasteiger partial charge in [-0.3, -0.25) is 9.55 Å². The molecule has 0 unspecified atom stereocenters. The summed E-state index contributed by atoms with van der Waals surface area (Å²) in [6.07, 6.45) is 4.23. The van der Waals surface area contributed by atoms with E-state index in [9.17, 15) is 5.26 Å². The average Bonchev–Trinajstić information content (AvgIpc) is 2.90. The number of hydrogen-bond donors (Lipinski definition) is 0. The van der Waals surface area contributed by atoms with Gasteiger partial charge in [0.25, 0.3) is 0 Å². The van der Waals surface area contributed by atoms with Crippen LogP contribution in [0.4, 0.5) is 0 Å². The minimum absolute atomic E-state index is 0.619. The van der Waals surface area contributed by atoms with E-state index >= 15 is 0 Å². The van der Waals surface area contributed by atoms with Crippen molar-refractivity contribution in [2.45, 2.75) is 13.3 Å². The summed E-state index contributed by atoms with van der Waals surface area (Å²) in [4.78, 5) is 8.62. The van der Waals surface area contributed by atoms with E-state index < -0.39 is 0 Å². The summed E-state index contributed by atoms with van der Waals surface area (Å²) in [7, 11) is 0. The molecule has 0 spiro atoms. The maximum absolute atomic E-state index is 9.38. The molecule has 19 heavy (non-hydrogen) atoms. The second kappa shape index (κ2) is 4.54. The number of imidazole rings is 1. The molecule has 0 N–H and O–H groups in total. The minimum atomic E-state index is 0.619. The van der Waals surface area contributed by atoms with Gasteiger partial charge in [-0.1, -0.05) is 19.1 Å². The molecule has 2 aromatic heterocycles. The molecular formula is C15H12N4. The molecule has 3 aromatic rings. The van der Waals surface area contributed by atoms with Gasteiger partial charge in [-0.25, -0.2) is 4.98 Å². The highest BCUT2D eigenvalue weighted by Gasteiger charge is 2.12. The van der Waals surface area contributed by atoms with Gasteiger partial charge in [0, 0.05) is 6.20 Å². The lowest BCUT2D eigenvalue weighted by Crippen LogP contribution is -2.01. The van der Waals surface area contributed by atoms with E-state index in [4.69, 9.17) is 0 Å². The Kier molecular flexibility index (Phi) is 2.73. The molecule has 0 amide bonds. The number of hydrogen-bond acceptors (Lipinski definition) is 3. The minimum Gasteiger partial charge on any atom is -0.297 e. The van der Waals surface area contributed by atoms with Crippen molar-refractivity contribution in [1.82, 2.24) is 14.5 Å². The summed E-state index contributed by atoms with van der Waals surface area (Å²) in [5.41, 5.74) is 4.18. The van der Waals surface area contributed by atoms with Crippen molar-refractivity contribution in [3.8, 4) is 11.8 Å². The lowest BCUT2D eigenvalue weighted by molar-refractivity contribution is 0.990. The number of pyridine rings is 1. The van der Waals surface area contributed by atoms with Crippen molar-refractivity contribution in [1.29, 1.82) is 5.26 Å². The number of para-hydroxylation sites is 2. The van der Waals surface area contributed by atoms with Gasteiger partial charge in [0.15, 0.2) is 0 Å². The Bertz CT molecular complexity index is 780. The van der Waals surface area contributed by atoms with Gasteiger partial charge < -0.3 is 0 Å². The van der Waals surface area contributed by atoms with Gasteiger partial charge in [-0.05, 0) is 24.6 Å². The standard InChI is InChI=1S/C15H12N4/c1-2-12-11(9-16)14(7-8-17-12)19-10-18-13-5-3-4-6-15(13)19/h3-8,10H,2H2,1H3. The quantitative estimate of drug-likeness (QED) is 0.700. The molecule has 0 saturated heterocycles. The van der Waals surface area contributed by atoms with E-state index in [0.29, 0.717) is 5.56 Å². The summed E-state index contributed by atoms with van der Waals surface area (Å²) >= 11 is 0. The molecule has 1 aromatic carbocycles. The number of nitriles is 1. The van der Waals surface area contributed by atoms with Crippen LogP contribution in [0.2, 0.25) is 0 Å². The molecule has 92 valence electrons. The highest BCUT2D eigenvalue weighted by atomic mass is 15.1. The van der Waals surface area contributed by atoms with E-state index in [2.05, 4.69) is 16.0 Å². The molecule has 0 radical (unpaired) electrons. The predicted octanol–water partition coefficient (Wildman–Crippen LogP) is 2.85. The third kappa shape index (κ3) is 1.76. The molecule has 4 nitrogen and oxygen atoms in total. The van der Waals surface area contributed by atoms with Crippen molar-refractivity contribution in [2.75, 3.05) is 0 Å². The van der Waals surface area contributed by atoms with Crippen LogP contribution in [0.1, 0.15) is 18.2 Å². The molecule has 4 heteroatoms. The normalized spacial score (nSPS) is 10.5. The van der Waals surface area contributed by atoms with Crippen LogP contribution >= 0.6 is 0 Å². The van der Waals surface area contributed by atoms with Gasteiger partial charge in [0.05, 0.1) is 28.0 Å². The van der Waals surface area contributed by atoms with Gasteiger partial charge in [-0.2, -0.15) is 5.26 Å².